The molecule has 0 saturated heterocycles. The van der Waals surface area contributed by atoms with Gasteiger partial charge < -0.3 is 10.2 Å². The number of rotatable bonds is 5. The topological polar surface area (TPSA) is 27.6 Å². The van der Waals surface area contributed by atoms with Crippen molar-refractivity contribution in [2.75, 3.05) is 18.4 Å². The van der Waals surface area contributed by atoms with Crippen LogP contribution < -0.4 is 5.32 Å². The van der Waals surface area contributed by atoms with Crippen molar-refractivity contribution in [3.63, 3.8) is 0 Å². The zero-order valence-electron chi connectivity index (χ0n) is 14.1. The van der Waals surface area contributed by atoms with Gasteiger partial charge in [-0.2, -0.15) is 0 Å². The van der Waals surface area contributed by atoms with Gasteiger partial charge in [-0.05, 0) is 42.9 Å². The Kier molecular flexibility index (Phi) is 4.50. The van der Waals surface area contributed by atoms with Crippen molar-refractivity contribution < 1.29 is 0 Å². The predicted molar refractivity (Wildman–Crippen MR) is 100 cm³/mol. The lowest BCUT2D eigenvalue weighted by Gasteiger charge is -2.35. The van der Waals surface area contributed by atoms with Gasteiger partial charge in [0.25, 0.3) is 0 Å². The second-order valence-electron chi connectivity index (χ2n) is 6.95. The molecule has 24 heavy (non-hydrogen) atoms. The molecule has 2 aromatic carbocycles. The van der Waals surface area contributed by atoms with Crippen LogP contribution in [-0.4, -0.2) is 30.0 Å². The molecule has 4 rings (SSSR count). The van der Waals surface area contributed by atoms with E-state index in [4.69, 9.17) is 4.99 Å². The summed E-state index contributed by atoms with van der Waals surface area (Å²) in [5, 5.41) is 3.54. The van der Waals surface area contributed by atoms with E-state index in [1.807, 2.05) is 6.07 Å². The first kappa shape index (κ1) is 15.3. The van der Waals surface area contributed by atoms with Crippen LogP contribution in [-0.2, 0) is 6.42 Å². The highest BCUT2D eigenvalue weighted by Gasteiger charge is 2.31. The van der Waals surface area contributed by atoms with Crippen LogP contribution in [0.2, 0.25) is 0 Å². The number of nitrogens with zero attached hydrogens (tertiary/aromatic N) is 2. The summed E-state index contributed by atoms with van der Waals surface area (Å²) >= 11 is 0. The first-order valence-electron chi connectivity index (χ1n) is 9.05. The number of hydrogen-bond donors (Lipinski definition) is 1. The number of nitrogens with one attached hydrogen (secondary N) is 1. The minimum Gasteiger partial charge on any atom is -0.337 e. The van der Waals surface area contributed by atoms with Gasteiger partial charge in [-0.25, -0.2) is 0 Å². The molecule has 3 heteroatoms. The van der Waals surface area contributed by atoms with Crippen LogP contribution in [0.1, 0.15) is 24.8 Å². The molecule has 2 aromatic rings. The Labute approximate surface area is 144 Å². The van der Waals surface area contributed by atoms with Crippen LogP contribution in [0, 0.1) is 5.92 Å². The Balaban J connectivity index is 1.48. The van der Waals surface area contributed by atoms with Gasteiger partial charge in [0.2, 0.25) is 0 Å². The van der Waals surface area contributed by atoms with Gasteiger partial charge in [-0.3, -0.25) is 4.99 Å². The molecule has 1 heterocycles. The monoisotopic (exact) mass is 319 g/mol. The van der Waals surface area contributed by atoms with Gasteiger partial charge in [0.15, 0.2) is 5.96 Å². The van der Waals surface area contributed by atoms with Crippen LogP contribution in [0.3, 0.4) is 0 Å². The van der Waals surface area contributed by atoms with Crippen molar-refractivity contribution in [3.05, 3.63) is 66.2 Å². The van der Waals surface area contributed by atoms with E-state index in [1.54, 1.807) is 0 Å². The maximum absolute atomic E-state index is 4.83. The molecule has 0 amide bonds. The summed E-state index contributed by atoms with van der Waals surface area (Å²) in [6.45, 7) is 2.02. The highest BCUT2D eigenvalue weighted by Crippen LogP contribution is 2.29. The number of aliphatic imine (C=N–C) groups is 1. The van der Waals surface area contributed by atoms with Gasteiger partial charge in [-0.15, -0.1) is 0 Å². The molecule has 1 N–H and O–H groups in total. The van der Waals surface area contributed by atoms with Crippen molar-refractivity contribution in [1.29, 1.82) is 0 Å². The fourth-order valence-electron chi connectivity index (χ4n) is 3.57. The minimum absolute atomic E-state index is 0.471. The third kappa shape index (κ3) is 3.45. The lowest BCUT2D eigenvalue weighted by molar-refractivity contribution is 0.215. The molecule has 0 bridgehead atoms. The summed E-state index contributed by atoms with van der Waals surface area (Å²) in [6, 6.07) is 21.7. The average Bonchev–Trinajstić information content (AvgIpc) is 2.94. The molecular weight excluding hydrogens is 294 g/mol. The molecule has 1 fully saturated rings. The zero-order chi connectivity index (χ0) is 16.2. The van der Waals surface area contributed by atoms with E-state index in [0.29, 0.717) is 6.04 Å². The van der Waals surface area contributed by atoms with Crippen molar-refractivity contribution in [1.82, 2.24) is 4.90 Å². The fraction of sp³-hybridized carbons (Fsp3) is 0.381. The Morgan fingerprint density at radius 3 is 2.33 bits per heavy atom. The smallest absolute Gasteiger partial charge is 0.198 e. The highest BCUT2D eigenvalue weighted by molar-refractivity contribution is 5.95. The molecule has 1 atom stereocenters. The van der Waals surface area contributed by atoms with E-state index in [0.717, 1.165) is 37.1 Å². The molecule has 0 aromatic heterocycles. The number of hydrogen-bond acceptors (Lipinski definition) is 3. The summed E-state index contributed by atoms with van der Waals surface area (Å²) in [7, 11) is 0. The summed E-state index contributed by atoms with van der Waals surface area (Å²) in [5.74, 6) is 1.89. The molecule has 0 radical (unpaired) electrons. The highest BCUT2D eigenvalue weighted by atomic mass is 15.4. The summed E-state index contributed by atoms with van der Waals surface area (Å²) < 4.78 is 0. The second kappa shape index (κ2) is 7.08. The molecular formula is C21H25N3. The molecule has 3 nitrogen and oxygen atoms in total. The van der Waals surface area contributed by atoms with Crippen LogP contribution in [0.25, 0.3) is 0 Å². The van der Waals surface area contributed by atoms with E-state index < -0.39 is 0 Å². The Morgan fingerprint density at radius 2 is 1.67 bits per heavy atom. The van der Waals surface area contributed by atoms with Gasteiger partial charge in [0.1, 0.15) is 0 Å². The van der Waals surface area contributed by atoms with Gasteiger partial charge in [0, 0.05) is 12.2 Å². The van der Waals surface area contributed by atoms with Crippen molar-refractivity contribution in [2.45, 2.75) is 31.7 Å². The Hall–Kier alpha value is -2.29. The van der Waals surface area contributed by atoms with E-state index in [9.17, 15) is 0 Å². The average molecular weight is 319 g/mol. The van der Waals surface area contributed by atoms with Crippen molar-refractivity contribution in [2.24, 2.45) is 10.9 Å². The normalized spacial score (nSPS) is 20.6. The van der Waals surface area contributed by atoms with Crippen LogP contribution in [0.5, 0.6) is 0 Å². The first-order valence-corrected chi connectivity index (χ1v) is 9.05. The molecule has 1 aliphatic carbocycles. The Bertz CT molecular complexity index is 677. The molecule has 0 spiro atoms. The fourth-order valence-corrected chi connectivity index (χ4v) is 3.57. The largest absolute Gasteiger partial charge is 0.337 e. The number of para-hydroxylation sites is 1. The standard InChI is InChI=1S/C21H25N3/c1-3-8-17(9-4-1)14-20-15-22-21(23-19-12-5-2-6-13-19)24(20)16-18-10-7-11-18/h1-6,8-9,12-13,18,20H,7,10-11,14-16H2,(H,22,23)/t20-/m0/s1. The van der Waals surface area contributed by atoms with E-state index in [2.05, 4.69) is 64.8 Å². The maximum atomic E-state index is 4.83. The third-order valence-electron chi connectivity index (χ3n) is 5.19. The first-order chi connectivity index (χ1) is 11.9. The van der Waals surface area contributed by atoms with Crippen molar-refractivity contribution >= 4 is 11.6 Å². The summed E-state index contributed by atoms with van der Waals surface area (Å²) in [5.41, 5.74) is 2.52. The lowest BCUT2D eigenvalue weighted by Crippen LogP contribution is -2.45. The van der Waals surface area contributed by atoms with Crippen LogP contribution in [0.4, 0.5) is 5.69 Å². The van der Waals surface area contributed by atoms with Crippen LogP contribution >= 0.6 is 0 Å². The summed E-state index contributed by atoms with van der Waals surface area (Å²) in [4.78, 5) is 7.35. The van der Waals surface area contributed by atoms with Gasteiger partial charge >= 0.3 is 0 Å². The lowest BCUT2D eigenvalue weighted by atomic mass is 9.85. The van der Waals surface area contributed by atoms with Crippen molar-refractivity contribution in [3.8, 4) is 0 Å². The summed E-state index contributed by atoms with van der Waals surface area (Å²) in [6.07, 6.45) is 5.19. The number of guanidine groups is 1. The number of anilines is 1. The van der Waals surface area contributed by atoms with E-state index in [-0.39, 0.29) is 0 Å². The molecule has 0 unspecified atom stereocenters. The third-order valence-corrected chi connectivity index (χ3v) is 5.19. The number of benzene rings is 2. The molecule has 2 aliphatic rings. The SMILES string of the molecule is c1ccc(C[C@H]2CN=C(Nc3ccccc3)N2CC2CCC2)cc1. The van der Waals surface area contributed by atoms with Crippen LogP contribution in [0.15, 0.2) is 65.7 Å². The quantitative estimate of drug-likeness (QED) is 0.895. The van der Waals surface area contributed by atoms with E-state index >= 15 is 0 Å². The predicted octanol–water partition coefficient (Wildman–Crippen LogP) is 4.18. The zero-order valence-corrected chi connectivity index (χ0v) is 14.1. The molecule has 1 aliphatic heterocycles. The maximum Gasteiger partial charge on any atom is 0.198 e. The molecule has 1 saturated carbocycles. The minimum atomic E-state index is 0.471. The van der Waals surface area contributed by atoms with E-state index in [1.165, 1.54) is 24.8 Å². The Morgan fingerprint density at radius 1 is 0.958 bits per heavy atom. The van der Waals surface area contributed by atoms with Gasteiger partial charge in [0.05, 0.1) is 12.6 Å². The second-order valence-corrected chi connectivity index (χ2v) is 6.95. The molecule has 124 valence electrons. The van der Waals surface area contributed by atoms with Gasteiger partial charge in [-0.1, -0.05) is 55.0 Å².